The topological polar surface area (TPSA) is 28.1 Å². The van der Waals surface area contributed by atoms with E-state index < -0.39 is 0 Å². The standard InChI is InChI=1S/C47H48N2/c1-33(2)40-27-17-18-28-41(40)48-32-39-30-29-38(49-39)31-47(3,4)46-44(36-23-13-7-14-24-36)42(34-19-9-5-10-20-34)43(35-21-11-6-12-22-35)45(46)37-25-15-8-16-26-37/h5-30,32-33,42-46,49H,31H2,1-4H3. The number of aromatic nitrogens is 1. The van der Waals surface area contributed by atoms with Gasteiger partial charge in [-0.3, -0.25) is 4.99 Å². The molecule has 246 valence electrons. The van der Waals surface area contributed by atoms with E-state index in [1.807, 2.05) is 6.21 Å². The lowest BCUT2D eigenvalue weighted by Gasteiger charge is -2.41. The van der Waals surface area contributed by atoms with Gasteiger partial charge in [0.1, 0.15) is 0 Å². The second-order valence-corrected chi connectivity index (χ2v) is 14.8. The van der Waals surface area contributed by atoms with Crippen LogP contribution >= 0.6 is 0 Å². The fourth-order valence-electron chi connectivity index (χ4n) is 8.93. The summed E-state index contributed by atoms with van der Waals surface area (Å²) in [6.07, 6.45) is 2.92. The Hall–Kier alpha value is -4.95. The number of para-hydroxylation sites is 1. The number of H-pyrrole nitrogens is 1. The number of benzene rings is 5. The Balaban J connectivity index is 1.33. The summed E-state index contributed by atoms with van der Waals surface area (Å²) in [6, 6.07) is 58.2. The Bertz CT molecular complexity index is 1870. The third-order valence-corrected chi connectivity index (χ3v) is 10.9. The van der Waals surface area contributed by atoms with E-state index in [2.05, 4.69) is 190 Å². The molecule has 2 nitrogen and oxygen atoms in total. The van der Waals surface area contributed by atoms with Gasteiger partial charge in [-0.15, -0.1) is 0 Å². The van der Waals surface area contributed by atoms with Crippen molar-refractivity contribution in [3.63, 3.8) is 0 Å². The third-order valence-electron chi connectivity index (χ3n) is 10.9. The smallest absolute Gasteiger partial charge is 0.0665 e. The lowest BCUT2D eigenvalue weighted by molar-refractivity contribution is 0.170. The minimum Gasteiger partial charge on any atom is -0.358 e. The van der Waals surface area contributed by atoms with Gasteiger partial charge in [0.2, 0.25) is 0 Å². The Kier molecular flexibility index (Phi) is 9.49. The molecule has 0 bridgehead atoms. The van der Waals surface area contributed by atoms with Gasteiger partial charge in [-0.25, -0.2) is 0 Å². The maximum Gasteiger partial charge on any atom is 0.0665 e. The average molecular weight is 641 g/mol. The van der Waals surface area contributed by atoms with Gasteiger partial charge < -0.3 is 4.98 Å². The number of aromatic amines is 1. The first-order chi connectivity index (χ1) is 23.9. The van der Waals surface area contributed by atoms with Gasteiger partial charge in [-0.1, -0.05) is 167 Å². The fourth-order valence-corrected chi connectivity index (χ4v) is 8.93. The summed E-state index contributed by atoms with van der Waals surface area (Å²) in [5.74, 6) is 2.04. The predicted octanol–water partition coefficient (Wildman–Crippen LogP) is 12.2. The zero-order chi connectivity index (χ0) is 33.8. The van der Waals surface area contributed by atoms with Crippen molar-refractivity contribution in [3.8, 4) is 0 Å². The molecule has 6 aromatic rings. The second kappa shape index (κ2) is 14.3. The van der Waals surface area contributed by atoms with E-state index in [0.29, 0.717) is 35.5 Å². The van der Waals surface area contributed by atoms with Crippen molar-refractivity contribution >= 4 is 11.9 Å². The second-order valence-electron chi connectivity index (χ2n) is 14.8. The summed E-state index contributed by atoms with van der Waals surface area (Å²) in [7, 11) is 0. The third kappa shape index (κ3) is 6.83. The van der Waals surface area contributed by atoms with Gasteiger partial charge >= 0.3 is 0 Å². The minimum absolute atomic E-state index is 0.0545. The number of nitrogens with one attached hydrogen (secondary N) is 1. The predicted molar refractivity (Wildman–Crippen MR) is 206 cm³/mol. The average Bonchev–Trinajstić information content (AvgIpc) is 3.75. The summed E-state index contributed by atoms with van der Waals surface area (Å²) in [5, 5.41) is 0. The number of hydrogen-bond acceptors (Lipinski definition) is 1. The summed E-state index contributed by atoms with van der Waals surface area (Å²) < 4.78 is 0. The molecule has 4 atom stereocenters. The van der Waals surface area contributed by atoms with Crippen molar-refractivity contribution in [2.24, 2.45) is 16.3 Å². The van der Waals surface area contributed by atoms with Crippen LogP contribution in [0.2, 0.25) is 0 Å². The van der Waals surface area contributed by atoms with Crippen molar-refractivity contribution in [2.45, 2.75) is 63.7 Å². The molecule has 4 unspecified atom stereocenters. The normalized spacial score (nSPS) is 21.0. The first kappa shape index (κ1) is 32.6. The van der Waals surface area contributed by atoms with Crippen LogP contribution in [-0.2, 0) is 6.42 Å². The van der Waals surface area contributed by atoms with E-state index in [9.17, 15) is 0 Å². The molecule has 0 aliphatic heterocycles. The number of aliphatic imine (C=N–C) groups is 1. The Morgan fingerprint density at radius 3 is 1.45 bits per heavy atom. The molecule has 1 aliphatic carbocycles. The zero-order valence-electron chi connectivity index (χ0n) is 29.2. The molecule has 0 radical (unpaired) electrons. The number of hydrogen-bond donors (Lipinski definition) is 1. The first-order valence-electron chi connectivity index (χ1n) is 17.9. The molecular formula is C47H48N2. The van der Waals surface area contributed by atoms with Crippen LogP contribution in [-0.4, -0.2) is 11.2 Å². The van der Waals surface area contributed by atoms with Crippen LogP contribution in [0, 0.1) is 11.3 Å². The van der Waals surface area contributed by atoms with Crippen molar-refractivity contribution in [1.82, 2.24) is 4.98 Å². The molecule has 0 spiro atoms. The molecule has 1 aliphatic rings. The van der Waals surface area contributed by atoms with Crippen molar-refractivity contribution in [1.29, 1.82) is 0 Å². The molecule has 1 heterocycles. The lowest BCUT2D eigenvalue weighted by atomic mass is 9.63. The van der Waals surface area contributed by atoms with E-state index in [4.69, 9.17) is 4.99 Å². The Morgan fingerprint density at radius 1 is 0.551 bits per heavy atom. The van der Waals surface area contributed by atoms with Crippen LogP contribution in [0.5, 0.6) is 0 Å². The number of rotatable bonds is 10. The van der Waals surface area contributed by atoms with Gasteiger partial charge in [0.25, 0.3) is 0 Å². The van der Waals surface area contributed by atoms with Gasteiger partial charge in [-0.05, 0) is 93.4 Å². The first-order valence-corrected chi connectivity index (χ1v) is 17.9. The molecule has 7 rings (SSSR count). The maximum absolute atomic E-state index is 4.92. The molecule has 1 aromatic heterocycles. The highest BCUT2D eigenvalue weighted by atomic mass is 14.8. The Morgan fingerprint density at radius 2 is 0.980 bits per heavy atom. The van der Waals surface area contributed by atoms with Gasteiger partial charge in [0, 0.05) is 5.69 Å². The minimum atomic E-state index is -0.0545. The van der Waals surface area contributed by atoms with Crippen LogP contribution in [0.3, 0.4) is 0 Å². The molecule has 1 saturated carbocycles. The molecule has 5 aromatic carbocycles. The summed E-state index contributed by atoms with van der Waals surface area (Å²) in [4.78, 5) is 8.68. The molecule has 2 heteroatoms. The maximum atomic E-state index is 4.92. The Labute approximate surface area is 293 Å². The summed E-state index contributed by atoms with van der Waals surface area (Å²) >= 11 is 0. The van der Waals surface area contributed by atoms with E-state index in [-0.39, 0.29) is 5.41 Å². The molecule has 0 amide bonds. The molecule has 49 heavy (non-hydrogen) atoms. The van der Waals surface area contributed by atoms with Crippen LogP contribution in [0.25, 0.3) is 0 Å². The van der Waals surface area contributed by atoms with Gasteiger partial charge in [0.15, 0.2) is 0 Å². The van der Waals surface area contributed by atoms with Crippen LogP contribution < -0.4 is 0 Å². The molecular weight excluding hydrogens is 593 g/mol. The fraction of sp³-hybridized carbons (Fsp3) is 0.255. The molecule has 1 N–H and O–H groups in total. The number of nitrogens with zero attached hydrogens (tertiary/aromatic N) is 1. The van der Waals surface area contributed by atoms with E-state index in [1.165, 1.54) is 33.5 Å². The van der Waals surface area contributed by atoms with E-state index in [1.54, 1.807) is 0 Å². The van der Waals surface area contributed by atoms with Crippen molar-refractivity contribution < 1.29 is 0 Å². The molecule has 1 fully saturated rings. The van der Waals surface area contributed by atoms with Crippen molar-refractivity contribution in [2.75, 3.05) is 0 Å². The van der Waals surface area contributed by atoms with Crippen LogP contribution in [0.1, 0.15) is 96.5 Å². The largest absolute Gasteiger partial charge is 0.358 e. The van der Waals surface area contributed by atoms with Gasteiger partial charge in [0.05, 0.1) is 17.6 Å². The highest BCUT2D eigenvalue weighted by Crippen LogP contribution is 2.67. The summed E-state index contributed by atoms with van der Waals surface area (Å²) in [6.45, 7) is 9.46. The quantitative estimate of drug-likeness (QED) is 0.144. The van der Waals surface area contributed by atoms with Gasteiger partial charge in [-0.2, -0.15) is 0 Å². The lowest BCUT2D eigenvalue weighted by Crippen LogP contribution is -2.33. The zero-order valence-corrected chi connectivity index (χ0v) is 29.2. The highest BCUT2D eigenvalue weighted by Gasteiger charge is 2.56. The highest BCUT2D eigenvalue weighted by molar-refractivity contribution is 5.80. The molecule has 0 saturated heterocycles. The van der Waals surface area contributed by atoms with Crippen molar-refractivity contribution in [3.05, 3.63) is 197 Å². The monoisotopic (exact) mass is 640 g/mol. The van der Waals surface area contributed by atoms with Crippen LogP contribution in [0.4, 0.5) is 5.69 Å². The SMILES string of the molecule is CC(C)c1ccccc1N=Cc1ccc(CC(C)(C)C2C(c3ccccc3)C(c3ccccc3)C(c3ccccc3)C2c2ccccc2)[nH]1. The summed E-state index contributed by atoms with van der Waals surface area (Å²) in [5.41, 5.74) is 10.2. The van der Waals surface area contributed by atoms with E-state index in [0.717, 1.165) is 17.8 Å². The van der Waals surface area contributed by atoms with E-state index >= 15 is 0 Å². The van der Waals surface area contributed by atoms with Crippen LogP contribution in [0.15, 0.2) is 163 Å².